The van der Waals surface area contributed by atoms with Crippen LogP contribution in [0.5, 0.6) is 5.75 Å². The summed E-state index contributed by atoms with van der Waals surface area (Å²) in [6, 6.07) is 11.1. The van der Waals surface area contributed by atoms with Crippen molar-refractivity contribution in [1.82, 2.24) is 10.2 Å². The zero-order valence-electron chi connectivity index (χ0n) is 22.4. The van der Waals surface area contributed by atoms with Crippen LogP contribution in [-0.4, -0.2) is 57.1 Å². The summed E-state index contributed by atoms with van der Waals surface area (Å²) in [6.45, 7) is 6.81. The minimum atomic E-state index is -3.60. The van der Waals surface area contributed by atoms with Gasteiger partial charge in [0, 0.05) is 41.7 Å². The maximum atomic E-state index is 13.5. The molecular formula is C27H37Cl2N3O5S. The standard InChI is InChI=1S/C27H37Cl2N3O5S/c1-5-17-30-27(34)25(6-2)31(19-22-23(28)10-8-11-24(22)29)26(33)12-9-18-32(38(4,35)36)20-13-15-21(16-14-20)37-7-3/h8,10-11,13-16,25H,5-7,9,12,17-19H2,1-4H3,(H,30,34)/t25-/m1/s1. The van der Waals surface area contributed by atoms with Crippen molar-refractivity contribution in [3.63, 3.8) is 0 Å². The van der Waals surface area contributed by atoms with E-state index >= 15 is 0 Å². The van der Waals surface area contributed by atoms with Gasteiger partial charge in [0.25, 0.3) is 0 Å². The Balaban J connectivity index is 2.24. The highest BCUT2D eigenvalue weighted by Gasteiger charge is 2.29. The van der Waals surface area contributed by atoms with Crippen molar-refractivity contribution in [2.45, 2.75) is 59.0 Å². The van der Waals surface area contributed by atoms with E-state index in [2.05, 4.69) is 5.32 Å². The van der Waals surface area contributed by atoms with Gasteiger partial charge in [-0.1, -0.05) is 43.1 Å². The molecule has 0 bridgehead atoms. The molecule has 2 amide bonds. The molecule has 2 aromatic rings. The topological polar surface area (TPSA) is 96.0 Å². The summed E-state index contributed by atoms with van der Waals surface area (Å²) in [4.78, 5) is 27.9. The Bertz CT molecular complexity index is 1160. The molecule has 0 saturated carbocycles. The van der Waals surface area contributed by atoms with Gasteiger partial charge in [-0.05, 0) is 62.6 Å². The monoisotopic (exact) mass is 585 g/mol. The Morgan fingerprint density at radius 3 is 2.18 bits per heavy atom. The third kappa shape index (κ3) is 9.06. The average Bonchev–Trinajstić information content (AvgIpc) is 2.87. The van der Waals surface area contributed by atoms with Gasteiger partial charge >= 0.3 is 0 Å². The number of benzene rings is 2. The predicted octanol–water partition coefficient (Wildman–Crippen LogP) is 5.27. The highest BCUT2D eigenvalue weighted by molar-refractivity contribution is 7.92. The molecule has 0 radical (unpaired) electrons. The maximum Gasteiger partial charge on any atom is 0.242 e. The maximum absolute atomic E-state index is 13.5. The van der Waals surface area contributed by atoms with E-state index in [1.165, 1.54) is 9.21 Å². The van der Waals surface area contributed by atoms with Crippen LogP contribution < -0.4 is 14.4 Å². The van der Waals surface area contributed by atoms with Crippen molar-refractivity contribution in [3.8, 4) is 5.75 Å². The van der Waals surface area contributed by atoms with Crippen molar-refractivity contribution in [2.75, 3.05) is 30.3 Å². The summed E-state index contributed by atoms with van der Waals surface area (Å²) in [7, 11) is -3.60. The van der Waals surface area contributed by atoms with Crippen molar-refractivity contribution >= 4 is 50.7 Å². The van der Waals surface area contributed by atoms with Crippen LogP contribution in [0.4, 0.5) is 5.69 Å². The first kappa shape index (κ1) is 31.7. The van der Waals surface area contributed by atoms with Crippen LogP contribution in [0.3, 0.4) is 0 Å². The number of anilines is 1. The van der Waals surface area contributed by atoms with Crippen LogP contribution in [-0.2, 0) is 26.2 Å². The number of nitrogens with one attached hydrogen (secondary N) is 1. The molecule has 0 aliphatic carbocycles. The Labute approximate surface area is 236 Å². The summed E-state index contributed by atoms with van der Waals surface area (Å²) in [5, 5.41) is 3.67. The molecule has 0 aliphatic heterocycles. The highest BCUT2D eigenvalue weighted by Crippen LogP contribution is 2.28. The van der Waals surface area contributed by atoms with Crippen LogP contribution in [0.1, 0.15) is 52.0 Å². The summed E-state index contributed by atoms with van der Waals surface area (Å²) in [5.41, 5.74) is 1.03. The van der Waals surface area contributed by atoms with E-state index in [0.717, 1.165) is 12.7 Å². The fraction of sp³-hybridized carbons (Fsp3) is 0.481. The van der Waals surface area contributed by atoms with Gasteiger partial charge in [0.1, 0.15) is 11.8 Å². The lowest BCUT2D eigenvalue weighted by atomic mass is 10.1. The van der Waals surface area contributed by atoms with E-state index in [-0.39, 0.29) is 37.7 Å². The number of hydrogen-bond donors (Lipinski definition) is 1. The molecule has 0 unspecified atom stereocenters. The molecule has 0 aliphatic rings. The minimum Gasteiger partial charge on any atom is -0.494 e. The van der Waals surface area contributed by atoms with Gasteiger partial charge in [0.05, 0.1) is 18.6 Å². The Hall–Kier alpha value is -2.49. The van der Waals surface area contributed by atoms with Gasteiger partial charge < -0.3 is 15.0 Å². The van der Waals surface area contributed by atoms with Gasteiger partial charge in [0.2, 0.25) is 21.8 Å². The quantitative estimate of drug-likeness (QED) is 0.307. The first-order chi connectivity index (χ1) is 18.0. The third-order valence-corrected chi connectivity index (χ3v) is 7.82. The second kappa shape index (κ2) is 15.2. The number of halogens is 2. The molecule has 0 spiro atoms. The summed E-state index contributed by atoms with van der Waals surface area (Å²) < 4.78 is 31.8. The van der Waals surface area contributed by atoms with Crippen molar-refractivity contribution in [3.05, 3.63) is 58.1 Å². The number of amides is 2. The molecule has 0 aromatic heterocycles. The van der Waals surface area contributed by atoms with E-state index < -0.39 is 16.1 Å². The van der Waals surface area contributed by atoms with Gasteiger partial charge in [-0.3, -0.25) is 13.9 Å². The van der Waals surface area contributed by atoms with Crippen LogP contribution in [0.2, 0.25) is 10.0 Å². The molecule has 1 atom stereocenters. The van der Waals surface area contributed by atoms with Gasteiger partial charge in [-0.2, -0.15) is 0 Å². The van der Waals surface area contributed by atoms with Crippen molar-refractivity contribution in [1.29, 1.82) is 0 Å². The third-order valence-electron chi connectivity index (χ3n) is 5.91. The van der Waals surface area contributed by atoms with E-state index in [0.29, 0.717) is 46.6 Å². The number of carbonyl (C=O) groups is 2. The molecule has 0 fully saturated rings. The zero-order valence-corrected chi connectivity index (χ0v) is 24.7. The Morgan fingerprint density at radius 2 is 1.66 bits per heavy atom. The number of ether oxygens (including phenoxy) is 1. The number of nitrogens with zero attached hydrogens (tertiary/aromatic N) is 2. The van der Waals surface area contributed by atoms with Gasteiger partial charge in [0.15, 0.2) is 0 Å². The molecule has 8 nitrogen and oxygen atoms in total. The van der Waals surface area contributed by atoms with E-state index in [1.807, 2.05) is 20.8 Å². The van der Waals surface area contributed by atoms with Crippen molar-refractivity contribution in [2.24, 2.45) is 0 Å². The molecule has 2 rings (SSSR count). The van der Waals surface area contributed by atoms with Crippen molar-refractivity contribution < 1.29 is 22.7 Å². The van der Waals surface area contributed by atoms with Gasteiger partial charge in [-0.25, -0.2) is 8.42 Å². The lowest BCUT2D eigenvalue weighted by Crippen LogP contribution is -2.49. The van der Waals surface area contributed by atoms with E-state index in [9.17, 15) is 18.0 Å². The Kier molecular flexibility index (Phi) is 12.7. The Morgan fingerprint density at radius 1 is 1.03 bits per heavy atom. The smallest absolute Gasteiger partial charge is 0.242 e. The SMILES string of the molecule is CCCNC(=O)[C@@H](CC)N(Cc1c(Cl)cccc1Cl)C(=O)CCCN(c1ccc(OCC)cc1)S(C)(=O)=O. The fourth-order valence-corrected chi connectivity index (χ4v) is 5.50. The van der Waals surface area contributed by atoms with Crippen LogP contribution >= 0.6 is 23.2 Å². The summed E-state index contributed by atoms with van der Waals surface area (Å²) >= 11 is 12.8. The normalized spacial score (nSPS) is 12.1. The molecule has 0 heterocycles. The fourth-order valence-electron chi connectivity index (χ4n) is 4.02. The second-order valence-corrected chi connectivity index (χ2v) is 11.5. The average molecular weight is 587 g/mol. The predicted molar refractivity (Wildman–Crippen MR) is 153 cm³/mol. The second-order valence-electron chi connectivity index (χ2n) is 8.80. The first-order valence-corrected chi connectivity index (χ1v) is 15.3. The number of carbonyl (C=O) groups excluding carboxylic acids is 2. The molecule has 210 valence electrons. The van der Waals surface area contributed by atoms with Crippen LogP contribution in [0.25, 0.3) is 0 Å². The van der Waals surface area contributed by atoms with Gasteiger partial charge in [-0.15, -0.1) is 0 Å². The number of rotatable bonds is 15. The largest absolute Gasteiger partial charge is 0.494 e. The lowest BCUT2D eigenvalue weighted by molar-refractivity contribution is -0.141. The number of sulfonamides is 1. The lowest BCUT2D eigenvalue weighted by Gasteiger charge is -2.31. The molecule has 2 aromatic carbocycles. The molecular weight excluding hydrogens is 549 g/mol. The highest BCUT2D eigenvalue weighted by atomic mass is 35.5. The van der Waals surface area contributed by atoms with Crippen LogP contribution in [0, 0.1) is 0 Å². The van der Waals surface area contributed by atoms with E-state index in [4.69, 9.17) is 27.9 Å². The summed E-state index contributed by atoms with van der Waals surface area (Å²) in [6.07, 6.45) is 2.56. The molecule has 1 N–H and O–H groups in total. The summed E-state index contributed by atoms with van der Waals surface area (Å²) in [5.74, 6) is 0.0957. The van der Waals surface area contributed by atoms with E-state index in [1.54, 1.807) is 42.5 Å². The molecule has 11 heteroatoms. The van der Waals surface area contributed by atoms with Crippen LogP contribution in [0.15, 0.2) is 42.5 Å². The first-order valence-electron chi connectivity index (χ1n) is 12.7. The number of hydrogen-bond acceptors (Lipinski definition) is 5. The minimum absolute atomic E-state index is 0.0304. The molecule has 0 saturated heterocycles. The zero-order chi connectivity index (χ0) is 28.3. The molecule has 38 heavy (non-hydrogen) atoms.